The van der Waals surface area contributed by atoms with Crippen molar-refractivity contribution in [3.8, 4) is 5.69 Å². The SMILES string of the molecule is Cc1ccc2nc(N)n(-c3cc(F)c(C)cc3F)c2n1. The molecule has 0 saturated carbocycles. The van der Waals surface area contributed by atoms with Crippen molar-refractivity contribution in [3.05, 3.63) is 47.2 Å². The monoisotopic (exact) mass is 274 g/mol. The van der Waals surface area contributed by atoms with Crippen LogP contribution in [0.1, 0.15) is 11.3 Å². The molecule has 0 bridgehead atoms. The quantitative estimate of drug-likeness (QED) is 0.742. The molecule has 1 aromatic carbocycles. The van der Waals surface area contributed by atoms with E-state index in [1.165, 1.54) is 11.5 Å². The summed E-state index contributed by atoms with van der Waals surface area (Å²) in [4.78, 5) is 8.41. The molecule has 3 rings (SSSR count). The van der Waals surface area contributed by atoms with Crippen molar-refractivity contribution >= 4 is 17.1 Å². The molecule has 102 valence electrons. The second-order valence-electron chi connectivity index (χ2n) is 4.65. The van der Waals surface area contributed by atoms with Gasteiger partial charge in [-0.05, 0) is 37.6 Å². The maximum absolute atomic E-state index is 14.1. The van der Waals surface area contributed by atoms with E-state index in [1.54, 1.807) is 19.1 Å². The van der Waals surface area contributed by atoms with E-state index in [-0.39, 0.29) is 17.2 Å². The number of halogens is 2. The fourth-order valence-electron chi connectivity index (χ4n) is 2.11. The minimum atomic E-state index is -0.571. The molecule has 0 saturated heterocycles. The third kappa shape index (κ3) is 1.80. The van der Waals surface area contributed by atoms with Gasteiger partial charge in [0.25, 0.3) is 0 Å². The Labute approximate surface area is 113 Å². The molecular formula is C14H12F2N4. The van der Waals surface area contributed by atoms with Gasteiger partial charge < -0.3 is 5.73 Å². The second-order valence-corrected chi connectivity index (χ2v) is 4.65. The van der Waals surface area contributed by atoms with Crippen LogP contribution in [0, 0.1) is 25.5 Å². The average Bonchev–Trinajstić information content (AvgIpc) is 2.69. The number of aromatic nitrogens is 3. The summed E-state index contributed by atoms with van der Waals surface area (Å²) in [5.74, 6) is -1.01. The molecule has 20 heavy (non-hydrogen) atoms. The van der Waals surface area contributed by atoms with Gasteiger partial charge in [0.2, 0.25) is 5.95 Å². The summed E-state index contributed by atoms with van der Waals surface area (Å²) in [7, 11) is 0. The maximum atomic E-state index is 14.1. The summed E-state index contributed by atoms with van der Waals surface area (Å²) in [6, 6.07) is 5.76. The van der Waals surface area contributed by atoms with Gasteiger partial charge in [-0.15, -0.1) is 0 Å². The van der Waals surface area contributed by atoms with Gasteiger partial charge in [0.1, 0.15) is 17.2 Å². The molecule has 0 fully saturated rings. The van der Waals surface area contributed by atoms with Crippen LogP contribution in [0.3, 0.4) is 0 Å². The molecule has 0 aliphatic carbocycles. The number of hydrogen-bond acceptors (Lipinski definition) is 3. The van der Waals surface area contributed by atoms with E-state index in [2.05, 4.69) is 9.97 Å². The van der Waals surface area contributed by atoms with Crippen molar-refractivity contribution in [1.82, 2.24) is 14.5 Å². The summed E-state index contributed by atoms with van der Waals surface area (Å²) in [6.45, 7) is 3.30. The van der Waals surface area contributed by atoms with Gasteiger partial charge in [-0.25, -0.2) is 18.7 Å². The zero-order valence-corrected chi connectivity index (χ0v) is 11.0. The van der Waals surface area contributed by atoms with Crippen LogP contribution in [0.5, 0.6) is 0 Å². The predicted molar refractivity (Wildman–Crippen MR) is 72.7 cm³/mol. The number of anilines is 1. The number of hydrogen-bond donors (Lipinski definition) is 1. The fraction of sp³-hybridized carbons (Fsp3) is 0.143. The zero-order valence-electron chi connectivity index (χ0n) is 11.0. The first-order chi connectivity index (χ1) is 9.47. The summed E-state index contributed by atoms with van der Waals surface area (Å²) in [6.07, 6.45) is 0. The summed E-state index contributed by atoms with van der Waals surface area (Å²) in [5, 5.41) is 0. The lowest BCUT2D eigenvalue weighted by atomic mass is 10.2. The van der Waals surface area contributed by atoms with E-state index in [1.807, 2.05) is 0 Å². The molecule has 0 aliphatic heterocycles. The number of fused-ring (bicyclic) bond motifs is 1. The highest BCUT2D eigenvalue weighted by atomic mass is 19.1. The Morgan fingerprint density at radius 2 is 1.80 bits per heavy atom. The second kappa shape index (κ2) is 4.26. The van der Waals surface area contributed by atoms with Crippen LogP contribution in [-0.2, 0) is 0 Å². The van der Waals surface area contributed by atoms with E-state index in [9.17, 15) is 8.78 Å². The largest absolute Gasteiger partial charge is 0.369 e. The number of benzene rings is 1. The number of imidazole rings is 1. The van der Waals surface area contributed by atoms with Crippen molar-refractivity contribution < 1.29 is 8.78 Å². The smallest absolute Gasteiger partial charge is 0.207 e. The third-order valence-corrected chi connectivity index (χ3v) is 3.14. The van der Waals surface area contributed by atoms with Gasteiger partial charge in [0.05, 0.1) is 5.69 Å². The lowest BCUT2D eigenvalue weighted by Crippen LogP contribution is -2.05. The normalized spacial score (nSPS) is 11.2. The molecule has 0 radical (unpaired) electrons. The first kappa shape index (κ1) is 12.5. The molecule has 0 spiro atoms. The lowest BCUT2D eigenvalue weighted by Gasteiger charge is -2.09. The minimum absolute atomic E-state index is 0.00574. The Kier molecular flexibility index (Phi) is 2.67. The third-order valence-electron chi connectivity index (χ3n) is 3.14. The Hall–Kier alpha value is -2.50. The number of nitrogen functional groups attached to an aromatic ring is 1. The summed E-state index contributed by atoms with van der Waals surface area (Å²) < 4.78 is 29.1. The molecule has 2 heterocycles. The highest BCUT2D eigenvalue weighted by Gasteiger charge is 2.16. The van der Waals surface area contributed by atoms with Gasteiger partial charge in [-0.3, -0.25) is 4.57 Å². The fourth-order valence-corrected chi connectivity index (χ4v) is 2.11. The van der Waals surface area contributed by atoms with Crippen molar-refractivity contribution in [2.45, 2.75) is 13.8 Å². The van der Waals surface area contributed by atoms with E-state index in [0.717, 1.165) is 17.8 Å². The van der Waals surface area contributed by atoms with Crippen LogP contribution >= 0.6 is 0 Å². The number of rotatable bonds is 1. The highest BCUT2D eigenvalue weighted by molar-refractivity contribution is 5.77. The number of aryl methyl sites for hydroxylation is 2. The van der Waals surface area contributed by atoms with Gasteiger partial charge in [0, 0.05) is 11.8 Å². The molecule has 0 amide bonds. The Bertz CT molecular complexity index is 824. The summed E-state index contributed by atoms with van der Waals surface area (Å²) in [5.41, 5.74) is 7.74. The molecule has 0 atom stereocenters. The van der Waals surface area contributed by atoms with Gasteiger partial charge in [-0.2, -0.15) is 0 Å². The minimum Gasteiger partial charge on any atom is -0.369 e. The zero-order chi connectivity index (χ0) is 14.4. The van der Waals surface area contributed by atoms with E-state index in [4.69, 9.17) is 5.73 Å². The van der Waals surface area contributed by atoms with Crippen LogP contribution in [0.25, 0.3) is 16.9 Å². The maximum Gasteiger partial charge on any atom is 0.207 e. The first-order valence-electron chi connectivity index (χ1n) is 6.05. The molecule has 0 unspecified atom stereocenters. The predicted octanol–water partition coefficient (Wildman–Crippen LogP) is 2.90. The van der Waals surface area contributed by atoms with E-state index < -0.39 is 11.6 Å². The molecule has 2 N–H and O–H groups in total. The Balaban J connectivity index is 2.37. The van der Waals surface area contributed by atoms with Crippen molar-refractivity contribution in [3.63, 3.8) is 0 Å². The van der Waals surface area contributed by atoms with Crippen LogP contribution in [0.4, 0.5) is 14.7 Å². The Morgan fingerprint density at radius 3 is 2.55 bits per heavy atom. The number of nitrogens with two attached hydrogens (primary N) is 1. The molecule has 2 aromatic heterocycles. The van der Waals surface area contributed by atoms with Crippen molar-refractivity contribution in [2.24, 2.45) is 0 Å². The first-order valence-corrected chi connectivity index (χ1v) is 6.05. The van der Waals surface area contributed by atoms with Gasteiger partial charge in [0.15, 0.2) is 5.65 Å². The van der Waals surface area contributed by atoms with E-state index >= 15 is 0 Å². The molecule has 4 nitrogen and oxygen atoms in total. The van der Waals surface area contributed by atoms with Crippen LogP contribution in [-0.4, -0.2) is 14.5 Å². The molecule has 0 aliphatic rings. The summed E-state index contributed by atoms with van der Waals surface area (Å²) >= 11 is 0. The molecule has 3 aromatic rings. The van der Waals surface area contributed by atoms with E-state index in [0.29, 0.717) is 11.2 Å². The van der Waals surface area contributed by atoms with Crippen LogP contribution in [0.15, 0.2) is 24.3 Å². The van der Waals surface area contributed by atoms with Crippen molar-refractivity contribution in [2.75, 3.05) is 5.73 Å². The van der Waals surface area contributed by atoms with Gasteiger partial charge in [-0.1, -0.05) is 0 Å². The average molecular weight is 274 g/mol. The van der Waals surface area contributed by atoms with Gasteiger partial charge >= 0.3 is 0 Å². The number of pyridine rings is 1. The lowest BCUT2D eigenvalue weighted by molar-refractivity contribution is 0.586. The standard InChI is InChI=1S/C14H12F2N4/c1-7-5-10(16)12(6-9(7)15)20-13-11(19-14(20)17)4-3-8(2)18-13/h3-6H,1-2H3,(H2,17,19). The topological polar surface area (TPSA) is 56.7 Å². The van der Waals surface area contributed by atoms with Crippen molar-refractivity contribution in [1.29, 1.82) is 0 Å². The van der Waals surface area contributed by atoms with Crippen LogP contribution in [0.2, 0.25) is 0 Å². The number of nitrogens with zero attached hydrogens (tertiary/aromatic N) is 3. The van der Waals surface area contributed by atoms with Crippen LogP contribution < -0.4 is 5.73 Å². The Morgan fingerprint density at radius 1 is 1.05 bits per heavy atom. The molecular weight excluding hydrogens is 262 g/mol. The molecule has 6 heteroatoms. The highest BCUT2D eigenvalue weighted by Crippen LogP contribution is 2.25.